The summed E-state index contributed by atoms with van der Waals surface area (Å²) in [5.41, 5.74) is 0.943. The zero-order valence-corrected chi connectivity index (χ0v) is 21.7. The lowest BCUT2D eigenvalue weighted by molar-refractivity contribution is -0.384. The van der Waals surface area contributed by atoms with E-state index in [9.17, 15) is 20.2 Å². The summed E-state index contributed by atoms with van der Waals surface area (Å²) in [4.78, 5) is 22.9. The van der Waals surface area contributed by atoms with E-state index in [1.807, 2.05) is 36.4 Å². The molecule has 3 rings (SSSR count). The van der Waals surface area contributed by atoms with Crippen molar-refractivity contribution >= 4 is 78.4 Å². The Labute approximate surface area is 221 Å². The second kappa shape index (κ2) is 11.5. The van der Waals surface area contributed by atoms with Gasteiger partial charge < -0.3 is 10.1 Å². The van der Waals surface area contributed by atoms with Crippen molar-refractivity contribution in [2.45, 2.75) is 6.61 Å². The van der Waals surface area contributed by atoms with E-state index in [0.29, 0.717) is 26.9 Å². The number of non-ortho nitro benzene ring substituents is 1. The number of carbonyl (C=O) groups excluding carboxylic acids is 1. The maximum Gasteiger partial charge on any atom is 0.272 e. The van der Waals surface area contributed by atoms with E-state index in [1.54, 1.807) is 12.1 Å². The van der Waals surface area contributed by atoms with Crippen LogP contribution in [0.25, 0.3) is 6.08 Å². The number of nitriles is 1. The first kappa shape index (κ1) is 25.7. The van der Waals surface area contributed by atoms with Crippen LogP contribution in [0, 0.1) is 21.4 Å². The molecule has 0 aliphatic carbocycles. The number of halogens is 4. The monoisotopic (exact) mass is 623 g/mol. The maximum absolute atomic E-state index is 12.7. The average molecular weight is 626 g/mol. The molecule has 1 amide bonds. The highest BCUT2D eigenvalue weighted by molar-refractivity contribution is 9.11. The molecule has 0 aromatic heterocycles. The number of nitrogens with zero attached hydrogens (tertiary/aromatic N) is 2. The van der Waals surface area contributed by atoms with Gasteiger partial charge in [-0.1, -0.05) is 53.5 Å². The summed E-state index contributed by atoms with van der Waals surface area (Å²) >= 11 is 19.0. The van der Waals surface area contributed by atoms with Gasteiger partial charge in [-0.3, -0.25) is 14.9 Å². The van der Waals surface area contributed by atoms with Crippen molar-refractivity contribution in [3.8, 4) is 11.8 Å². The van der Waals surface area contributed by atoms with Crippen molar-refractivity contribution in [1.82, 2.24) is 0 Å². The van der Waals surface area contributed by atoms with Gasteiger partial charge >= 0.3 is 0 Å². The standard InChI is InChI=1S/C23H13Br2Cl2N3O4/c24-17-7-14(8-18(25)22(17)34-12-13-4-2-1-3-5-13)6-15(11-28)23(31)29-21-19(26)9-16(30(32)33)10-20(21)27/h1-10H,12H2,(H,29,31)/b15-6+. The third-order valence-electron chi connectivity index (χ3n) is 4.40. The number of amides is 1. The van der Waals surface area contributed by atoms with E-state index in [-0.39, 0.29) is 27.0 Å². The lowest BCUT2D eigenvalue weighted by atomic mass is 10.1. The molecule has 34 heavy (non-hydrogen) atoms. The van der Waals surface area contributed by atoms with Crippen LogP contribution in [-0.2, 0) is 11.4 Å². The van der Waals surface area contributed by atoms with E-state index >= 15 is 0 Å². The predicted octanol–water partition coefficient (Wildman–Crippen LogP) is 7.55. The average Bonchev–Trinajstić information content (AvgIpc) is 2.79. The number of nitro benzene ring substituents is 1. The van der Waals surface area contributed by atoms with Gasteiger partial charge in [0.25, 0.3) is 11.6 Å². The first-order chi connectivity index (χ1) is 16.2. The third-order valence-corrected chi connectivity index (χ3v) is 6.17. The minimum atomic E-state index is -0.781. The lowest BCUT2D eigenvalue weighted by Crippen LogP contribution is -2.14. The first-order valence-corrected chi connectivity index (χ1v) is 11.8. The van der Waals surface area contributed by atoms with Crippen molar-refractivity contribution < 1.29 is 14.5 Å². The second-order valence-electron chi connectivity index (χ2n) is 6.75. The molecule has 0 bridgehead atoms. The van der Waals surface area contributed by atoms with Gasteiger partial charge in [-0.05, 0) is 61.2 Å². The normalized spacial score (nSPS) is 11.0. The van der Waals surface area contributed by atoms with Crippen LogP contribution >= 0.6 is 55.1 Å². The summed E-state index contributed by atoms with van der Waals surface area (Å²) < 4.78 is 7.11. The fourth-order valence-electron chi connectivity index (χ4n) is 2.81. The van der Waals surface area contributed by atoms with Crippen LogP contribution < -0.4 is 10.1 Å². The molecule has 3 aromatic rings. The van der Waals surface area contributed by atoms with Crippen LogP contribution in [-0.4, -0.2) is 10.8 Å². The summed E-state index contributed by atoms with van der Waals surface area (Å²) in [6.45, 7) is 0.357. The van der Waals surface area contributed by atoms with Gasteiger partial charge in [0, 0.05) is 12.1 Å². The molecule has 0 heterocycles. The Morgan fingerprint density at radius 1 is 1.12 bits per heavy atom. The van der Waals surface area contributed by atoms with E-state index < -0.39 is 10.8 Å². The van der Waals surface area contributed by atoms with Gasteiger partial charge in [0.05, 0.1) is 29.6 Å². The first-order valence-electron chi connectivity index (χ1n) is 9.42. The van der Waals surface area contributed by atoms with Gasteiger partial charge in [-0.25, -0.2) is 0 Å². The van der Waals surface area contributed by atoms with Crippen molar-refractivity contribution in [3.05, 3.63) is 100 Å². The second-order valence-corrected chi connectivity index (χ2v) is 9.28. The summed E-state index contributed by atoms with van der Waals surface area (Å²) in [7, 11) is 0. The number of nitro groups is 1. The van der Waals surface area contributed by atoms with Crippen LogP contribution in [0.2, 0.25) is 10.0 Å². The molecule has 3 aromatic carbocycles. The minimum absolute atomic E-state index is 0.0351. The summed E-state index contributed by atoms with van der Waals surface area (Å²) in [6.07, 6.45) is 1.37. The van der Waals surface area contributed by atoms with Crippen LogP contribution in [0.5, 0.6) is 5.75 Å². The van der Waals surface area contributed by atoms with Crippen molar-refractivity contribution in [3.63, 3.8) is 0 Å². The van der Waals surface area contributed by atoms with Gasteiger partial charge in [0.1, 0.15) is 24.0 Å². The Bertz CT molecular complexity index is 1300. The molecule has 0 aliphatic heterocycles. The highest BCUT2D eigenvalue weighted by atomic mass is 79.9. The number of anilines is 1. The smallest absolute Gasteiger partial charge is 0.272 e. The number of ether oxygens (including phenoxy) is 1. The fourth-order valence-corrected chi connectivity index (χ4v) is 4.83. The lowest BCUT2D eigenvalue weighted by Gasteiger charge is -2.12. The summed E-state index contributed by atoms with van der Waals surface area (Å²) in [5.74, 6) is -0.217. The molecule has 0 radical (unpaired) electrons. The SMILES string of the molecule is N#C/C(=C\c1cc(Br)c(OCc2ccccc2)c(Br)c1)C(=O)Nc1c(Cl)cc([N+](=O)[O-])cc1Cl. The zero-order chi connectivity index (χ0) is 24.8. The molecule has 0 atom stereocenters. The topological polar surface area (TPSA) is 105 Å². The molecule has 11 heteroatoms. The number of hydrogen-bond acceptors (Lipinski definition) is 5. The van der Waals surface area contributed by atoms with Crippen LogP contribution in [0.15, 0.2) is 69.1 Å². The quantitative estimate of drug-likeness (QED) is 0.126. The van der Waals surface area contributed by atoms with E-state index in [2.05, 4.69) is 37.2 Å². The van der Waals surface area contributed by atoms with Crippen LogP contribution in [0.3, 0.4) is 0 Å². The molecule has 1 N–H and O–H groups in total. The molecular weight excluding hydrogens is 613 g/mol. The molecule has 0 saturated carbocycles. The van der Waals surface area contributed by atoms with E-state index in [0.717, 1.165) is 17.7 Å². The number of benzene rings is 3. The Hall–Kier alpha value is -2.90. The van der Waals surface area contributed by atoms with Gasteiger partial charge in [-0.15, -0.1) is 0 Å². The molecule has 0 fully saturated rings. The number of carbonyl (C=O) groups is 1. The molecular formula is C23H13Br2Cl2N3O4. The molecule has 0 saturated heterocycles. The van der Waals surface area contributed by atoms with E-state index in [4.69, 9.17) is 27.9 Å². The number of nitrogens with one attached hydrogen (secondary N) is 1. The third kappa shape index (κ3) is 6.36. The van der Waals surface area contributed by atoms with Gasteiger partial charge in [0.15, 0.2) is 0 Å². The molecule has 172 valence electrons. The van der Waals surface area contributed by atoms with Crippen molar-refractivity contribution in [2.24, 2.45) is 0 Å². The molecule has 0 aliphatic rings. The van der Waals surface area contributed by atoms with Crippen molar-refractivity contribution in [1.29, 1.82) is 5.26 Å². The predicted molar refractivity (Wildman–Crippen MR) is 138 cm³/mol. The van der Waals surface area contributed by atoms with Gasteiger partial charge in [-0.2, -0.15) is 5.26 Å². The Kier molecular flexibility index (Phi) is 8.69. The number of rotatable bonds is 7. The highest BCUT2D eigenvalue weighted by Crippen LogP contribution is 2.37. The highest BCUT2D eigenvalue weighted by Gasteiger charge is 2.19. The van der Waals surface area contributed by atoms with Gasteiger partial charge in [0.2, 0.25) is 0 Å². The molecule has 0 spiro atoms. The minimum Gasteiger partial charge on any atom is -0.487 e. The zero-order valence-electron chi connectivity index (χ0n) is 17.0. The van der Waals surface area contributed by atoms with Crippen LogP contribution in [0.1, 0.15) is 11.1 Å². The Morgan fingerprint density at radius 2 is 1.71 bits per heavy atom. The van der Waals surface area contributed by atoms with E-state index in [1.165, 1.54) is 6.08 Å². The summed E-state index contributed by atoms with van der Waals surface area (Å²) in [5, 5.41) is 22.6. The van der Waals surface area contributed by atoms with Crippen molar-refractivity contribution in [2.75, 3.05) is 5.32 Å². The van der Waals surface area contributed by atoms with Crippen LogP contribution in [0.4, 0.5) is 11.4 Å². The largest absolute Gasteiger partial charge is 0.487 e. The summed E-state index contributed by atoms with van der Waals surface area (Å²) in [6, 6.07) is 17.0. The Balaban J connectivity index is 1.81. The molecule has 7 nitrogen and oxygen atoms in total. The Morgan fingerprint density at radius 3 is 2.24 bits per heavy atom. The molecule has 0 unspecified atom stereocenters. The maximum atomic E-state index is 12.7. The fraction of sp³-hybridized carbons (Fsp3) is 0.0435. The number of hydrogen-bond donors (Lipinski definition) is 1.